The topological polar surface area (TPSA) is 87.7 Å². The molecule has 0 fully saturated rings. The normalized spacial score (nSPS) is 11.3. The number of ether oxygens (including phenoxy) is 1. The number of hydrogen-bond donors (Lipinski definition) is 3. The molecule has 8 heteroatoms. The van der Waals surface area contributed by atoms with Crippen molar-refractivity contribution in [1.29, 1.82) is 0 Å². The maximum absolute atomic E-state index is 11.6. The molecule has 0 aromatic heterocycles. The molecule has 0 spiro atoms. The van der Waals surface area contributed by atoms with Crippen LogP contribution in [0.3, 0.4) is 0 Å². The summed E-state index contributed by atoms with van der Waals surface area (Å²) in [7, 11) is 1.35. The Morgan fingerprint density at radius 1 is 1.55 bits per heavy atom. The molecule has 20 heavy (non-hydrogen) atoms. The van der Waals surface area contributed by atoms with Crippen molar-refractivity contribution in [2.75, 3.05) is 18.8 Å². The molecule has 0 aliphatic carbocycles. The molecule has 0 aliphatic rings. The van der Waals surface area contributed by atoms with E-state index >= 15 is 0 Å². The molecule has 0 unspecified atom stereocenters. The first-order chi connectivity index (χ1) is 9.56. The molecule has 0 saturated carbocycles. The van der Waals surface area contributed by atoms with E-state index in [-0.39, 0.29) is 6.44 Å². The second-order valence-corrected chi connectivity index (χ2v) is 4.38. The standard InChI is InChI=1S/C12H18B2N2O4/c1-14(19)16-10-5-3-4-9(6-10)7-11(12(17)20-2)15-8-13-18/h3-6,11,15-16,19H,7-8H2,1-2H3/t11-/m0/s1. The predicted octanol–water partition coefficient (Wildman–Crippen LogP) is -0.110. The summed E-state index contributed by atoms with van der Waals surface area (Å²) in [4.78, 5) is 11.6. The van der Waals surface area contributed by atoms with Crippen molar-refractivity contribution in [3.8, 4) is 0 Å². The average molecular weight is 276 g/mol. The summed E-state index contributed by atoms with van der Waals surface area (Å²) in [6, 6.07) is 6.78. The van der Waals surface area contributed by atoms with Crippen LogP contribution in [-0.2, 0) is 20.7 Å². The Labute approximate surface area is 119 Å². The van der Waals surface area contributed by atoms with Gasteiger partial charge in [-0.25, -0.2) is 0 Å². The van der Waals surface area contributed by atoms with Gasteiger partial charge in [-0.15, -0.1) is 0 Å². The summed E-state index contributed by atoms with van der Waals surface area (Å²) in [6.07, 6.45) is 0.487. The summed E-state index contributed by atoms with van der Waals surface area (Å²) in [5.41, 5.74) is 1.65. The molecule has 106 valence electrons. The van der Waals surface area contributed by atoms with Crippen LogP contribution in [0.1, 0.15) is 5.56 Å². The molecule has 1 atom stereocenters. The van der Waals surface area contributed by atoms with Crippen LogP contribution in [0.2, 0.25) is 6.82 Å². The predicted molar refractivity (Wildman–Crippen MR) is 77.9 cm³/mol. The van der Waals surface area contributed by atoms with Gasteiger partial charge in [-0.05, 0) is 0 Å². The number of nitrogens with one attached hydrogen (secondary N) is 2. The Morgan fingerprint density at radius 2 is 2.30 bits per heavy atom. The SMILES string of the molecule is COC(=O)[C@H](Cc1cccc(NB(C)O)c1)NCB=O. The van der Waals surface area contributed by atoms with Crippen LogP contribution in [0.4, 0.5) is 5.69 Å². The first-order valence-electron chi connectivity index (χ1n) is 6.35. The zero-order valence-electron chi connectivity index (χ0n) is 11.6. The molecule has 1 rings (SSSR count). The van der Waals surface area contributed by atoms with Crippen molar-refractivity contribution >= 4 is 25.9 Å². The van der Waals surface area contributed by atoms with E-state index in [1.807, 2.05) is 24.3 Å². The van der Waals surface area contributed by atoms with E-state index in [4.69, 9.17) is 4.74 Å². The quantitative estimate of drug-likeness (QED) is 0.453. The first-order valence-corrected chi connectivity index (χ1v) is 6.35. The van der Waals surface area contributed by atoms with Gasteiger partial charge in [-0.1, -0.05) is 0 Å². The summed E-state index contributed by atoms with van der Waals surface area (Å²) >= 11 is 0. The summed E-state index contributed by atoms with van der Waals surface area (Å²) in [5.74, 6) is -0.416. The Kier molecular flexibility index (Phi) is 6.97. The maximum atomic E-state index is 11.6. The Bertz CT molecular complexity index is 457. The van der Waals surface area contributed by atoms with Crippen LogP contribution < -0.4 is 10.5 Å². The second-order valence-electron chi connectivity index (χ2n) is 4.38. The number of carbonyl (C=O) groups excluding carboxylic acids is 1. The second kappa shape index (κ2) is 8.50. The summed E-state index contributed by atoms with van der Waals surface area (Å²) in [5, 5.41) is 15.0. The van der Waals surface area contributed by atoms with Crippen LogP contribution in [-0.4, -0.2) is 44.8 Å². The van der Waals surface area contributed by atoms with Crippen LogP contribution in [0.15, 0.2) is 24.3 Å². The molecule has 0 saturated heterocycles. The molecule has 1 aromatic carbocycles. The third-order valence-corrected chi connectivity index (χ3v) is 2.68. The van der Waals surface area contributed by atoms with Crippen LogP contribution in [0.5, 0.6) is 0 Å². The molecule has 1 aromatic rings. The van der Waals surface area contributed by atoms with E-state index in [0.717, 1.165) is 11.3 Å². The van der Waals surface area contributed by atoms with Gasteiger partial charge in [0.05, 0.1) is 0 Å². The van der Waals surface area contributed by atoms with Crippen molar-refractivity contribution in [2.24, 2.45) is 0 Å². The van der Waals surface area contributed by atoms with Crippen molar-refractivity contribution in [3.63, 3.8) is 0 Å². The van der Waals surface area contributed by atoms with E-state index in [9.17, 15) is 14.5 Å². The molecular weight excluding hydrogens is 258 g/mol. The number of rotatable bonds is 8. The van der Waals surface area contributed by atoms with Gasteiger partial charge in [0.2, 0.25) is 0 Å². The van der Waals surface area contributed by atoms with Crippen LogP contribution >= 0.6 is 0 Å². The average Bonchev–Trinajstić information content (AvgIpc) is 2.42. The fourth-order valence-corrected chi connectivity index (χ4v) is 1.84. The Balaban J connectivity index is 2.76. The van der Waals surface area contributed by atoms with Gasteiger partial charge in [0.1, 0.15) is 0 Å². The molecule has 6 nitrogen and oxygen atoms in total. The summed E-state index contributed by atoms with van der Waals surface area (Å²) < 4.78 is 15.1. The zero-order valence-corrected chi connectivity index (χ0v) is 11.6. The van der Waals surface area contributed by atoms with E-state index < -0.39 is 19.1 Å². The van der Waals surface area contributed by atoms with E-state index in [2.05, 4.69) is 10.5 Å². The molecule has 0 radical (unpaired) electrons. The van der Waals surface area contributed by atoms with Gasteiger partial charge in [-0.2, -0.15) is 0 Å². The molecule has 0 heterocycles. The minimum absolute atomic E-state index is 0.0887. The summed E-state index contributed by atoms with van der Waals surface area (Å²) in [6.45, 7) is 1.62. The van der Waals surface area contributed by atoms with Crippen molar-refractivity contribution in [1.82, 2.24) is 5.32 Å². The van der Waals surface area contributed by atoms with Gasteiger partial charge in [0, 0.05) is 0 Å². The fourth-order valence-electron chi connectivity index (χ4n) is 1.84. The van der Waals surface area contributed by atoms with E-state index in [1.54, 1.807) is 6.82 Å². The van der Waals surface area contributed by atoms with Crippen LogP contribution in [0, 0.1) is 0 Å². The van der Waals surface area contributed by atoms with E-state index in [0.29, 0.717) is 13.6 Å². The number of esters is 1. The molecule has 0 bridgehead atoms. The van der Waals surface area contributed by atoms with Gasteiger partial charge < -0.3 is 0 Å². The fraction of sp³-hybridized carbons (Fsp3) is 0.417. The number of benzene rings is 1. The zero-order chi connectivity index (χ0) is 15.0. The Morgan fingerprint density at radius 3 is 2.90 bits per heavy atom. The van der Waals surface area contributed by atoms with Crippen molar-refractivity contribution < 1.29 is 19.3 Å². The van der Waals surface area contributed by atoms with Crippen molar-refractivity contribution in [3.05, 3.63) is 29.8 Å². The van der Waals surface area contributed by atoms with Crippen LogP contribution in [0.25, 0.3) is 0 Å². The van der Waals surface area contributed by atoms with Gasteiger partial charge >= 0.3 is 118 Å². The monoisotopic (exact) mass is 276 g/mol. The van der Waals surface area contributed by atoms with Gasteiger partial charge in [0.15, 0.2) is 0 Å². The number of hydrogen-bond acceptors (Lipinski definition) is 6. The van der Waals surface area contributed by atoms with Crippen molar-refractivity contribution in [2.45, 2.75) is 19.3 Å². The third-order valence-electron chi connectivity index (χ3n) is 2.68. The minimum atomic E-state index is -0.658. The number of carbonyl (C=O) groups is 1. The molecular formula is C12H18B2N2O4. The van der Waals surface area contributed by atoms with E-state index in [1.165, 1.54) is 7.11 Å². The molecule has 0 amide bonds. The number of methoxy groups -OCH3 is 1. The molecule has 3 N–H and O–H groups in total. The number of anilines is 1. The van der Waals surface area contributed by atoms with Gasteiger partial charge in [-0.3, -0.25) is 0 Å². The van der Waals surface area contributed by atoms with Gasteiger partial charge in [0.25, 0.3) is 0 Å². The first kappa shape index (κ1) is 16.4. The Hall–Kier alpha value is -1.66. The third kappa shape index (κ3) is 5.54. The molecule has 0 aliphatic heterocycles.